The second-order valence-electron chi connectivity index (χ2n) is 6.14. The van der Waals surface area contributed by atoms with Gasteiger partial charge in [-0.05, 0) is 23.0 Å². The summed E-state index contributed by atoms with van der Waals surface area (Å²) in [5.41, 5.74) is 2.40. The maximum absolute atomic E-state index is 11.6. The third-order valence-electron chi connectivity index (χ3n) is 3.29. The molecule has 1 aromatic carbocycles. The van der Waals surface area contributed by atoms with Crippen LogP contribution in [0.15, 0.2) is 47.1 Å². The lowest BCUT2D eigenvalue weighted by Crippen LogP contribution is -2.24. The Kier molecular flexibility index (Phi) is 5.19. The Balaban J connectivity index is 1.99. The van der Waals surface area contributed by atoms with Gasteiger partial charge < -0.3 is 5.32 Å². The van der Waals surface area contributed by atoms with Gasteiger partial charge >= 0.3 is 0 Å². The van der Waals surface area contributed by atoms with Gasteiger partial charge in [-0.2, -0.15) is 5.10 Å². The molecule has 22 heavy (non-hydrogen) atoms. The summed E-state index contributed by atoms with van der Waals surface area (Å²) >= 11 is 1.39. The number of thioether (sulfide) groups is 1. The van der Waals surface area contributed by atoms with E-state index >= 15 is 0 Å². The van der Waals surface area contributed by atoms with E-state index in [1.54, 1.807) is 12.3 Å². The van der Waals surface area contributed by atoms with E-state index in [-0.39, 0.29) is 16.6 Å². The van der Waals surface area contributed by atoms with E-state index in [0.29, 0.717) is 11.6 Å². The molecular formula is C17H21N3OS. The van der Waals surface area contributed by atoms with Crippen molar-refractivity contribution in [3.05, 3.63) is 48.0 Å². The van der Waals surface area contributed by atoms with Crippen molar-refractivity contribution in [2.75, 3.05) is 0 Å². The highest BCUT2D eigenvalue weighted by Crippen LogP contribution is 2.23. The van der Waals surface area contributed by atoms with Crippen LogP contribution < -0.4 is 5.32 Å². The summed E-state index contributed by atoms with van der Waals surface area (Å²) in [4.78, 5) is 11.6. The van der Waals surface area contributed by atoms with Crippen LogP contribution in [-0.2, 0) is 10.2 Å². The number of hydrogen-bond donors (Lipinski definition) is 1. The molecule has 1 aliphatic rings. The molecule has 116 valence electrons. The highest BCUT2D eigenvalue weighted by molar-refractivity contribution is 8.15. The van der Waals surface area contributed by atoms with Gasteiger partial charge in [0, 0.05) is 0 Å². The summed E-state index contributed by atoms with van der Waals surface area (Å²) in [6, 6.07) is 8.23. The number of amides is 1. The van der Waals surface area contributed by atoms with Crippen LogP contribution in [0.4, 0.5) is 0 Å². The van der Waals surface area contributed by atoms with Gasteiger partial charge in [-0.1, -0.05) is 62.9 Å². The number of rotatable bonds is 4. The third kappa shape index (κ3) is 4.31. The molecule has 1 aromatic rings. The molecule has 0 bridgehead atoms. The fourth-order valence-corrected chi connectivity index (χ4v) is 2.90. The van der Waals surface area contributed by atoms with Crippen LogP contribution in [0.1, 0.15) is 38.3 Å². The molecule has 0 radical (unpaired) electrons. The molecule has 1 saturated heterocycles. The summed E-state index contributed by atoms with van der Waals surface area (Å²) in [6.07, 6.45) is 4.06. The number of carbonyl (C=O) groups is 1. The molecule has 5 heteroatoms. The van der Waals surface area contributed by atoms with Crippen molar-refractivity contribution in [3.63, 3.8) is 0 Å². The zero-order chi connectivity index (χ0) is 16.2. The second kappa shape index (κ2) is 6.92. The largest absolute Gasteiger partial charge is 0.303 e. The molecule has 1 atom stereocenters. The number of benzene rings is 1. The van der Waals surface area contributed by atoms with Gasteiger partial charge in [-0.3, -0.25) is 4.79 Å². The highest BCUT2D eigenvalue weighted by Gasteiger charge is 2.28. The maximum Gasteiger partial charge on any atom is 0.239 e. The average Bonchev–Trinajstić information content (AvgIpc) is 2.79. The minimum atomic E-state index is -0.141. The molecule has 4 nitrogen and oxygen atoms in total. The Hall–Kier alpha value is -1.88. The standard InChI is InChI=1S/C17H21N3OS/c1-5-6-14-15(21)19-16(22-14)20-18-11-12-7-9-13(10-8-12)17(2,3)4/h5,7-11,14H,1,6H2,2-4H3,(H,19,20,21)/t14-/m1/s1. The van der Waals surface area contributed by atoms with Gasteiger partial charge in [0.1, 0.15) is 0 Å². The normalized spacial score (nSPS) is 20.6. The molecule has 1 heterocycles. The topological polar surface area (TPSA) is 53.8 Å². The number of carbonyl (C=O) groups excluding carboxylic acids is 1. The first kappa shape index (κ1) is 16.5. The van der Waals surface area contributed by atoms with Crippen LogP contribution >= 0.6 is 11.8 Å². The second-order valence-corrected chi connectivity index (χ2v) is 7.33. The van der Waals surface area contributed by atoms with Crippen LogP contribution in [0.5, 0.6) is 0 Å². The van der Waals surface area contributed by atoms with E-state index in [9.17, 15) is 4.79 Å². The number of nitrogens with one attached hydrogen (secondary N) is 1. The molecule has 1 fully saturated rings. The Labute approximate surface area is 135 Å². The Morgan fingerprint density at radius 2 is 2.00 bits per heavy atom. The van der Waals surface area contributed by atoms with E-state index in [4.69, 9.17) is 0 Å². The van der Waals surface area contributed by atoms with Crippen molar-refractivity contribution in [1.82, 2.24) is 5.32 Å². The molecule has 0 aliphatic carbocycles. The maximum atomic E-state index is 11.6. The lowest BCUT2D eigenvalue weighted by Gasteiger charge is -2.18. The summed E-state index contributed by atoms with van der Waals surface area (Å²) in [7, 11) is 0. The van der Waals surface area contributed by atoms with Gasteiger partial charge in [0.2, 0.25) is 5.91 Å². The van der Waals surface area contributed by atoms with Crippen molar-refractivity contribution >= 4 is 29.1 Å². The summed E-state index contributed by atoms with van der Waals surface area (Å²) < 4.78 is 0. The molecule has 1 amide bonds. The van der Waals surface area contributed by atoms with Crippen molar-refractivity contribution in [2.24, 2.45) is 10.2 Å². The molecule has 0 spiro atoms. The number of allylic oxidation sites excluding steroid dienone is 1. The molecule has 2 rings (SSSR count). The van der Waals surface area contributed by atoms with Gasteiger partial charge in [0.15, 0.2) is 5.17 Å². The average molecular weight is 315 g/mol. The Bertz CT molecular complexity index is 612. The lowest BCUT2D eigenvalue weighted by molar-refractivity contribution is -0.118. The van der Waals surface area contributed by atoms with Crippen molar-refractivity contribution in [1.29, 1.82) is 0 Å². The number of hydrogen-bond acceptors (Lipinski definition) is 4. The Morgan fingerprint density at radius 1 is 1.32 bits per heavy atom. The zero-order valence-electron chi connectivity index (χ0n) is 13.2. The zero-order valence-corrected chi connectivity index (χ0v) is 14.0. The smallest absolute Gasteiger partial charge is 0.239 e. The first-order valence-corrected chi connectivity index (χ1v) is 8.08. The van der Waals surface area contributed by atoms with E-state index in [1.165, 1.54) is 17.3 Å². The van der Waals surface area contributed by atoms with Crippen LogP contribution in [0.2, 0.25) is 0 Å². The highest BCUT2D eigenvalue weighted by atomic mass is 32.2. The van der Waals surface area contributed by atoms with Crippen LogP contribution in [0.3, 0.4) is 0 Å². The van der Waals surface area contributed by atoms with E-state index in [2.05, 4.69) is 55.0 Å². The summed E-state index contributed by atoms with van der Waals surface area (Å²) in [5, 5.41) is 11.2. The number of nitrogens with zero attached hydrogens (tertiary/aromatic N) is 2. The van der Waals surface area contributed by atoms with E-state index < -0.39 is 0 Å². The summed E-state index contributed by atoms with van der Waals surface area (Å²) in [5.74, 6) is -0.0339. The first-order valence-electron chi connectivity index (χ1n) is 7.20. The predicted molar refractivity (Wildman–Crippen MR) is 94.5 cm³/mol. The van der Waals surface area contributed by atoms with Gasteiger partial charge in [-0.25, -0.2) is 0 Å². The van der Waals surface area contributed by atoms with Crippen molar-refractivity contribution < 1.29 is 4.79 Å². The van der Waals surface area contributed by atoms with Crippen molar-refractivity contribution in [2.45, 2.75) is 37.9 Å². The monoisotopic (exact) mass is 315 g/mol. The minimum Gasteiger partial charge on any atom is -0.303 e. The van der Waals surface area contributed by atoms with Gasteiger partial charge in [0.05, 0.1) is 11.5 Å². The van der Waals surface area contributed by atoms with Gasteiger partial charge in [-0.15, -0.1) is 11.7 Å². The fourth-order valence-electron chi connectivity index (χ4n) is 1.98. The van der Waals surface area contributed by atoms with Crippen molar-refractivity contribution in [3.8, 4) is 0 Å². The molecule has 0 unspecified atom stereocenters. The molecular weight excluding hydrogens is 294 g/mol. The van der Waals surface area contributed by atoms with E-state index in [0.717, 1.165) is 5.56 Å². The molecule has 0 aromatic heterocycles. The number of amidine groups is 1. The summed E-state index contributed by atoms with van der Waals surface area (Å²) in [6.45, 7) is 10.2. The van der Waals surface area contributed by atoms with Crippen LogP contribution in [0, 0.1) is 0 Å². The fraction of sp³-hybridized carbons (Fsp3) is 0.353. The SMILES string of the molecule is C=CC[C@H]1S/C(=N/N=Cc2ccc(C(C)(C)C)cc2)NC1=O. The minimum absolute atomic E-state index is 0.0339. The molecule has 0 saturated carbocycles. The molecule has 1 N–H and O–H groups in total. The van der Waals surface area contributed by atoms with Gasteiger partial charge in [0.25, 0.3) is 0 Å². The lowest BCUT2D eigenvalue weighted by atomic mass is 9.87. The van der Waals surface area contributed by atoms with E-state index in [1.807, 2.05) is 12.1 Å². The third-order valence-corrected chi connectivity index (χ3v) is 4.39. The van der Waals surface area contributed by atoms with Crippen LogP contribution in [-0.4, -0.2) is 22.5 Å². The van der Waals surface area contributed by atoms with Crippen LogP contribution in [0.25, 0.3) is 0 Å². The Morgan fingerprint density at radius 3 is 2.59 bits per heavy atom. The quantitative estimate of drug-likeness (QED) is 0.525. The molecule has 1 aliphatic heterocycles. The first-order chi connectivity index (χ1) is 10.4. The predicted octanol–water partition coefficient (Wildman–Crippen LogP) is 3.48.